The molecule has 1 aromatic carbocycles. The van der Waals surface area contributed by atoms with Crippen LogP contribution < -0.4 is 4.74 Å². The molecule has 2 heteroatoms. The molecule has 2 unspecified atom stereocenters. The Morgan fingerprint density at radius 2 is 1.93 bits per heavy atom. The summed E-state index contributed by atoms with van der Waals surface area (Å²) in [5, 5.41) is 9.99. The van der Waals surface area contributed by atoms with E-state index < -0.39 is 0 Å². The summed E-state index contributed by atoms with van der Waals surface area (Å²) >= 11 is 0. The van der Waals surface area contributed by atoms with E-state index >= 15 is 0 Å². The van der Waals surface area contributed by atoms with E-state index in [0.717, 1.165) is 30.6 Å². The fraction of sp³-hybridized carbons (Fsp3) is 0.538. The number of methoxy groups -OCH3 is 1. The molecule has 1 fully saturated rings. The second-order valence-corrected chi connectivity index (χ2v) is 4.20. The van der Waals surface area contributed by atoms with Crippen molar-refractivity contribution in [2.75, 3.05) is 7.11 Å². The standard InChI is InChI=1S/C13H18O2/c1-15-13-9-5-3-7-11(13)10-6-2-4-8-12(10)14/h3,5,7,9-10,12,14H,2,4,6,8H2,1H3. The largest absolute Gasteiger partial charge is 0.496 e. The topological polar surface area (TPSA) is 29.5 Å². The minimum absolute atomic E-state index is 0.199. The Bertz CT molecular complexity index is 322. The molecule has 2 atom stereocenters. The van der Waals surface area contributed by atoms with Gasteiger partial charge in [-0.3, -0.25) is 0 Å². The average molecular weight is 206 g/mol. The van der Waals surface area contributed by atoms with Gasteiger partial charge in [-0.25, -0.2) is 0 Å². The van der Waals surface area contributed by atoms with E-state index in [4.69, 9.17) is 4.74 Å². The quantitative estimate of drug-likeness (QED) is 0.806. The Morgan fingerprint density at radius 3 is 2.67 bits per heavy atom. The summed E-state index contributed by atoms with van der Waals surface area (Å²) in [7, 11) is 1.69. The third kappa shape index (κ3) is 2.15. The lowest BCUT2D eigenvalue weighted by Crippen LogP contribution is -2.22. The summed E-state index contributed by atoms with van der Waals surface area (Å²) in [6, 6.07) is 8.02. The Labute approximate surface area is 90.9 Å². The molecule has 0 aliphatic heterocycles. The average Bonchev–Trinajstić information content (AvgIpc) is 2.30. The second kappa shape index (κ2) is 4.67. The van der Waals surface area contributed by atoms with E-state index in [0.29, 0.717) is 0 Å². The van der Waals surface area contributed by atoms with Crippen molar-refractivity contribution in [1.29, 1.82) is 0 Å². The highest BCUT2D eigenvalue weighted by Crippen LogP contribution is 2.37. The molecule has 0 heterocycles. The molecule has 15 heavy (non-hydrogen) atoms. The Hall–Kier alpha value is -1.02. The molecule has 1 N–H and O–H groups in total. The number of aliphatic hydroxyl groups excluding tert-OH is 1. The maximum atomic E-state index is 9.99. The van der Waals surface area contributed by atoms with Crippen LogP contribution in [-0.2, 0) is 0 Å². The number of ether oxygens (including phenoxy) is 1. The molecule has 2 nitrogen and oxygen atoms in total. The first-order chi connectivity index (χ1) is 7.33. The minimum Gasteiger partial charge on any atom is -0.496 e. The lowest BCUT2D eigenvalue weighted by atomic mass is 9.81. The van der Waals surface area contributed by atoms with Crippen LogP contribution in [0.2, 0.25) is 0 Å². The predicted molar refractivity (Wildman–Crippen MR) is 60.2 cm³/mol. The van der Waals surface area contributed by atoms with Gasteiger partial charge in [-0.1, -0.05) is 31.0 Å². The van der Waals surface area contributed by atoms with Crippen molar-refractivity contribution in [3.8, 4) is 5.75 Å². The molecule has 1 saturated carbocycles. The molecular weight excluding hydrogens is 188 g/mol. The molecule has 0 bridgehead atoms. The van der Waals surface area contributed by atoms with Gasteiger partial charge in [0.15, 0.2) is 0 Å². The highest BCUT2D eigenvalue weighted by atomic mass is 16.5. The number of benzene rings is 1. The molecule has 0 radical (unpaired) electrons. The minimum atomic E-state index is -0.199. The monoisotopic (exact) mass is 206 g/mol. The van der Waals surface area contributed by atoms with Gasteiger partial charge in [0.05, 0.1) is 13.2 Å². The van der Waals surface area contributed by atoms with Crippen molar-refractivity contribution in [3.63, 3.8) is 0 Å². The van der Waals surface area contributed by atoms with Crippen LogP contribution in [0.4, 0.5) is 0 Å². The third-order valence-electron chi connectivity index (χ3n) is 3.27. The van der Waals surface area contributed by atoms with E-state index in [1.165, 1.54) is 6.42 Å². The van der Waals surface area contributed by atoms with E-state index in [2.05, 4.69) is 6.07 Å². The zero-order valence-corrected chi connectivity index (χ0v) is 9.15. The first-order valence-corrected chi connectivity index (χ1v) is 5.64. The van der Waals surface area contributed by atoms with Crippen LogP contribution in [0.3, 0.4) is 0 Å². The first-order valence-electron chi connectivity index (χ1n) is 5.64. The molecule has 0 saturated heterocycles. The van der Waals surface area contributed by atoms with Crippen molar-refractivity contribution >= 4 is 0 Å². The smallest absolute Gasteiger partial charge is 0.122 e. The molecule has 82 valence electrons. The lowest BCUT2D eigenvalue weighted by Gasteiger charge is -2.28. The number of hydrogen-bond acceptors (Lipinski definition) is 2. The predicted octanol–water partition coefficient (Wildman–Crippen LogP) is 2.71. The van der Waals surface area contributed by atoms with E-state index in [1.54, 1.807) is 7.11 Å². The molecule has 1 aliphatic carbocycles. The van der Waals surface area contributed by atoms with E-state index in [-0.39, 0.29) is 12.0 Å². The third-order valence-corrected chi connectivity index (χ3v) is 3.27. The Morgan fingerprint density at radius 1 is 1.20 bits per heavy atom. The number of rotatable bonds is 2. The summed E-state index contributed by atoms with van der Waals surface area (Å²) in [5.74, 6) is 1.17. The molecule has 0 aromatic heterocycles. The number of hydrogen-bond donors (Lipinski definition) is 1. The number of aliphatic hydroxyl groups is 1. The summed E-state index contributed by atoms with van der Waals surface area (Å²) in [5.41, 5.74) is 1.16. The summed E-state index contributed by atoms with van der Waals surface area (Å²) < 4.78 is 5.34. The maximum Gasteiger partial charge on any atom is 0.122 e. The van der Waals surface area contributed by atoms with Gasteiger partial charge in [0.25, 0.3) is 0 Å². The molecule has 2 rings (SSSR count). The van der Waals surface area contributed by atoms with E-state index in [1.807, 2.05) is 18.2 Å². The molecule has 0 amide bonds. The molecule has 1 aliphatic rings. The van der Waals surface area contributed by atoms with Crippen LogP contribution in [0, 0.1) is 0 Å². The van der Waals surface area contributed by atoms with Gasteiger partial charge >= 0.3 is 0 Å². The fourth-order valence-electron chi connectivity index (χ4n) is 2.45. The Kier molecular flexibility index (Phi) is 3.27. The van der Waals surface area contributed by atoms with Crippen molar-refractivity contribution in [1.82, 2.24) is 0 Å². The normalized spacial score (nSPS) is 26.3. The zero-order chi connectivity index (χ0) is 10.7. The summed E-state index contributed by atoms with van der Waals surface area (Å²) in [4.78, 5) is 0. The van der Waals surface area contributed by atoms with Crippen LogP contribution in [0.15, 0.2) is 24.3 Å². The van der Waals surface area contributed by atoms with Gasteiger partial charge in [0, 0.05) is 5.92 Å². The maximum absolute atomic E-state index is 9.99. The van der Waals surface area contributed by atoms with E-state index in [9.17, 15) is 5.11 Å². The van der Waals surface area contributed by atoms with Gasteiger partial charge in [0.2, 0.25) is 0 Å². The van der Waals surface area contributed by atoms with Gasteiger partial charge in [0.1, 0.15) is 5.75 Å². The van der Waals surface area contributed by atoms with Crippen molar-refractivity contribution in [2.45, 2.75) is 37.7 Å². The summed E-state index contributed by atoms with van der Waals surface area (Å²) in [6.07, 6.45) is 4.15. The van der Waals surface area contributed by atoms with Crippen molar-refractivity contribution < 1.29 is 9.84 Å². The molecule has 1 aromatic rings. The lowest BCUT2D eigenvalue weighted by molar-refractivity contribution is 0.105. The Balaban J connectivity index is 2.26. The first kappa shape index (κ1) is 10.5. The highest BCUT2D eigenvalue weighted by Gasteiger charge is 2.26. The molecular formula is C13H18O2. The highest BCUT2D eigenvalue weighted by molar-refractivity contribution is 5.37. The van der Waals surface area contributed by atoms with Gasteiger partial charge < -0.3 is 9.84 Å². The SMILES string of the molecule is COc1ccccc1C1CCCCC1O. The molecule has 0 spiro atoms. The van der Waals surface area contributed by atoms with Crippen molar-refractivity contribution in [2.24, 2.45) is 0 Å². The van der Waals surface area contributed by atoms with Crippen molar-refractivity contribution in [3.05, 3.63) is 29.8 Å². The zero-order valence-electron chi connectivity index (χ0n) is 9.15. The van der Waals surface area contributed by atoms with Crippen LogP contribution in [0.1, 0.15) is 37.2 Å². The summed E-state index contributed by atoms with van der Waals surface area (Å²) in [6.45, 7) is 0. The van der Waals surface area contributed by atoms with Crippen LogP contribution >= 0.6 is 0 Å². The second-order valence-electron chi connectivity index (χ2n) is 4.20. The van der Waals surface area contributed by atoms with Gasteiger partial charge in [-0.05, 0) is 24.5 Å². The van der Waals surface area contributed by atoms with Crippen LogP contribution in [0.5, 0.6) is 5.75 Å². The van der Waals surface area contributed by atoms with Crippen LogP contribution in [0.25, 0.3) is 0 Å². The number of para-hydroxylation sites is 1. The van der Waals surface area contributed by atoms with Gasteiger partial charge in [-0.2, -0.15) is 0 Å². The fourth-order valence-corrected chi connectivity index (χ4v) is 2.45. The van der Waals surface area contributed by atoms with Gasteiger partial charge in [-0.15, -0.1) is 0 Å². The van der Waals surface area contributed by atoms with Crippen LogP contribution in [-0.4, -0.2) is 18.3 Å².